The van der Waals surface area contributed by atoms with Crippen LogP contribution in [0.25, 0.3) is 10.9 Å². The van der Waals surface area contributed by atoms with Crippen molar-refractivity contribution in [1.29, 1.82) is 0 Å². The van der Waals surface area contributed by atoms with E-state index in [0.717, 1.165) is 32.4 Å². The van der Waals surface area contributed by atoms with Crippen LogP contribution in [0.1, 0.15) is 76.8 Å². The highest BCUT2D eigenvalue weighted by Gasteiger charge is 2.27. The molecule has 2 aromatic rings. The van der Waals surface area contributed by atoms with E-state index in [1.807, 2.05) is 25.7 Å². The molecule has 1 amide bonds. The predicted molar refractivity (Wildman–Crippen MR) is 107 cm³/mol. The Bertz CT molecular complexity index is 764. The lowest BCUT2D eigenvalue weighted by molar-refractivity contribution is 0.0205. The fraction of sp³-hybridized carbons (Fsp3) is 0.591. The van der Waals surface area contributed by atoms with Gasteiger partial charge in [0.1, 0.15) is 5.60 Å². The van der Waals surface area contributed by atoms with Crippen LogP contribution in [0.15, 0.2) is 24.4 Å². The van der Waals surface area contributed by atoms with Crippen molar-refractivity contribution in [1.82, 2.24) is 9.88 Å². The minimum atomic E-state index is -0.431. The smallest absolute Gasteiger partial charge is 0.410 e. The molecular weight excluding hydrogens is 324 g/mol. The van der Waals surface area contributed by atoms with Crippen molar-refractivity contribution in [3.63, 3.8) is 0 Å². The molecule has 0 aliphatic carbocycles. The number of ether oxygens (including phenoxy) is 1. The summed E-state index contributed by atoms with van der Waals surface area (Å²) < 4.78 is 5.50. The van der Waals surface area contributed by atoms with Crippen LogP contribution in [0.4, 0.5) is 4.79 Å². The summed E-state index contributed by atoms with van der Waals surface area (Å²) in [5.74, 6) is 1.07. The molecule has 3 rings (SSSR count). The summed E-state index contributed by atoms with van der Waals surface area (Å²) in [6, 6.07) is 6.81. The molecule has 1 saturated heterocycles. The number of hydrogen-bond acceptors (Lipinski definition) is 2. The van der Waals surface area contributed by atoms with Gasteiger partial charge in [0.15, 0.2) is 0 Å². The maximum absolute atomic E-state index is 12.2. The summed E-state index contributed by atoms with van der Waals surface area (Å²) in [6.07, 6.45) is 5.11. The molecule has 1 aliphatic rings. The number of fused-ring (bicyclic) bond motifs is 1. The first-order chi connectivity index (χ1) is 12.3. The molecule has 1 aromatic heterocycles. The van der Waals surface area contributed by atoms with Gasteiger partial charge in [-0.1, -0.05) is 19.9 Å². The summed E-state index contributed by atoms with van der Waals surface area (Å²) in [6.45, 7) is 11.8. The third kappa shape index (κ3) is 4.05. The van der Waals surface area contributed by atoms with Gasteiger partial charge in [-0.3, -0.25) is 0 Å². The predicted octanol–water partition coefficient (Wildman–Crippen LogP) is 5.80. The molecule has 4 nitrogen and oxygen atoms in total. The van der Waals surface area contributed by atoms with Crippen molar-refractivity contribution >= 4 is 17.0 Å². The standard InChI is InChI=1S/C22H32N2O2/c1-6-15(2)19-14-23-20-8-7-17(13-18(19)20)16-9-11-24(12-10-16)21(25)26-22(3,4)5/h7-8,13-16,23H,6,9-12H2,1-5H3. The highest BCUT2D eigenvalue weighted by atomic mass is 16.6. The molecule has 0 saturated carbocycles. The number of amides is 1. The number of carbonyl (C=O) groups excluding carboxylic acids is 1. The molecule has 0 spiro atoms. The molecule has 0 bridgehead atoms. The quantitative estimate of drug-likeness (QED) is 0.756. The Kier molecular flexibility index (Phi) is 5.31. The normalized spacial score (nSPS) is 17.5. The van der Waals surface area contributed by atoms with Gasteiger partial charge in [-0.05, 0) is 75.1 Å². The van der Waals surface area contributed by atoms with E-state index in [2.05, 4.69) is 43.2 Å². The maximum atomic E-state index is 12.2. The second-order valence-electron chi connectivity index (χ2n) is 8.60. The zero-order chi connectivity index (χ0) is 18.9. The molecule has 2 heterocycles. The number of carbonyl (C=O) groups is 1. The van der Waals surface area contributed by atoms with Crippen LogP contribution in [-0.4, -0.2) is 34.7 Å². The van der Waals surface area contributed by atoms with Gasteiger partial charge >= 0.3 is 6.09 Å². The van der Waals surface area contributed by atoms with Gasteiger partial charge in [0, 0.05) is 30.2 Å². The van der Waals surface area contributed by atoms with E-state index in [1.54, 1.807) is 0 Å². The van der Waals surface area contributed by atoms with Crippen LogP contribution in [0, 0.1) is 0 Å². The monoisotopic (exact) mass is 356 g/mol. The Balaban J connectivity index is 1.70. The van der Waals surface area contributed by atoms with Crippen molar-refractivity contribution in [3.05, 3.63) is 35.5 Å². The van der Waals surface area contributed by atoms with E-state index in [1.165, 1.54) is 22.0 Å². The fourth-order valence-corrected chi connectivity index (χ4v) is 3.76. The van der Waals surface area contributed by atoms with Gasteiger partial charge in [-0.15, -0.1) is 0 Å². The lowest BCUT2D eigenvalue weighted by Crippen LogP contribution is -2.41. The molecule has 1 fully saturated rings. The number of hydrogen-bond donors (Lipinski definition) is 1. The Morgan fingerprint density at radius 2 is 2.00 bits per heavy atom. The van der Waals surface area contributed by atoms with Crippen molar-refractivity contribution < 1.29 is 9.53 Å². The molecule has 142 valence electrons. The number of nitrogens with one attached hydrogen (secondary N) is 1. The van der Waals surface area contributed by atoms with Crippen LogP contribution >= 0.6 is 0 Å². The van der Waals surface area contributed by atoms with Gasteiger partial charge in [0.05, 0.1) is 0 Å². The van der Waals surface area contributed by atoms with E-state index in [-0.39, 0.29) is 6.09 Å². The van der Waals surface area contributed by atoms with Gasteiger partial charge in [0.25, 0.3) is 0 Å². The largest absolute Gasteiger partial charge is 0.444 e. The first-order valence-corrected chi connectivity index (χ1v) is 9.87. The highest BCUT2D eigenvalue weighted by molar-refractivity contribution is 5.84. The number of piperidine rings is 1. The second-order valence-corrected chi connectivity index (χ2v) is 8.60. The first-order valence-electron chi connectivity index (χ1n) is 9.87. The third-order valence-corrected chi connectivity index (χ3v) is 5.50. The number of rotatable bonds is 3. The van der Waals surface area contributed by atoms with Gasteiger partial charge in [0.2, 0.25) is 0 Å². The molecule has 1 aromatic carbocycles. The minimum Gasteiger partial charge on any atom is -0.444 e. The van der Waals surface area contributed by atoms with Crippen molar-refractivity contribution in [2.24, 2.45) is 0 Å². The van der Waals surface area contributed by atoms with E-state index in [9.17, 15) is 4.79 Å². The number of benzene rings is 1. The molecule has 1 unspecified atom stereocenters. The van der Waals surface area contributed by atoms with Crippen LogP contribution in [0.5, 0.6) is 0 Å². The zero-order valence-electron chi connectivity index (χ0n) is 16.8. The fourth-order valence-electron chi connectivity index (χ4n) is 3.76. The molecule has 1 aliphatic heterocycles. The van der Waals surface area contributed by atoms with Crippen LogP contribution in [0.3, 0.4) is 0 Å². The molecular formula is C22H32N2O2. The average Bonchev–Trinajstić information content (AvgIpc) is 3.03. The number of H-pyrrole nitrogens is 1. The van der Waals surface area contributed by atoms with Gasteiger partial charge in [-0.2, -0.15) is 0 Å². The van der Waals surface area contributed by atoms with Crippen LogP contribution in [0.2, 0.25) is 0 Å². The number of likely N-dealkylation sites (tertiary alicyclic amines) is 1. The summed E-state index contributed by atoms with van der Waals surface area (Å²) >= 11 is 0. The van der Waals surface area contributed by atoms with Crippen molar-refractivity contribution in [3.8, 4) is 0 Å². The third-order valence-electron chi connectivity index (χ3n) is 5.50. The number of aromatic amines is 1. The molecule has 1 N–H and O–H groups in total. The van der Waals surface area contributed by atoms with Gasteiger partial charge < -0.3 is 14.6 Å². The summed E-state index contributed by atoms with van der Waals surface area (Å²) in [7, 11) is 0. The topological polar surface area (TPSA) is 45.3 Å². The molecule has 0 radical (unpaired) electrons. The highest BCUT2D eigenvalue weighted by Crippen LogP contribution is 2.33. The van der Waals surface area contributed by atoms with Crippen LogP contribution < -0.4 is 0 Å². The van der Waals surface area contributed by atoms with E-state index in [4.69, 9.17) is 4.74 Å². The Morgan fingerprint density at radius 3 is 2.62 bits per heavy atom. The summed E-state index contributed by atoms with van der Waals surface area (Å²) in [5, 5.41) is 1.35. The van der Waals surface area contributed by atoms with E-state index >= 15 is 0 Å². The molecule has 1 atom stereocenters. The summed E-state index contributed by atoms with van der Waals surface area (Å²) in [5.41, 5.74) is 3.59. The first kappa shape index (κ1) is 18.8. The SMILES string of the molecule is CCC(C)c1c[nH]c2ccc(C3CCN(C(=O)OC(C)(C)C)CC3)cc12. The minimum absolute atomic E-state index is 0.184. The zero-order valence-corrected chi connectivity index (χ0v) is 16.8. The summed E-state index contributed by atoms with van der Waals surface area (Å²) in [4.78, 5) is 17.5. The van der Waals surface area contributed by atoms with E-state index < -0.39 is 5.60 Å². The second kappa shape index (κ2) is 7.34. The Hall–Kier alpha value is -1.97. The molecule has 4 heteroatoms. The van der Waals surface area contributed by atoms with E-state index in [0.29, 0.717) is 11.8 Å². The Labute approximate surface area is 156 Å². The van der Waals surface area contributed by atoms with Crippen molar-refractivity contribution in [2.75, 3.05) is 13.1 Å². The lowest BCUT2D eigenvalue weighted by Gasteiger charge is -2.33. The Morgan fingerprint density at radius 1 is 1.31 bits per heavy atom. The average molecular weight is 357 g/mol. The number of nitrogens with zero attached hydrogens (tertiary/aromatic N) is 1. The van der Waals surface area contributed by atoms with Gasteiger partial charge in [-0.25, -0.2) is 4.79 Å². The maximum Gasteiger partial charge on any atom is 0.410 e. The van der Waals surface area contributed by atoms with Crippen LogP contribution in [-0.2, 0) is 4.74 Å². The number of aromatic nitrogens is 1. The molecule has 26 heavy (non-hydrogen) atoms. The lowest BCUT2D eigenvalue weighted by atomic mass is 9.88. The van der Waals surface area contributed by atoms with Crippen molar-refractivity contribution in [2.45, 2.75) is 71.3 Å².